The number of carboxylic acids is 1. The molecule has 0 aromatic rings. The van der Waals surface area contributed by atoms with Crippen molar-refractivity contribution in [3.05, 3.63) is 0 Å². The van der Waals surface area contributed by atoms with Crippen LogP contribution in [0.5, 0.6) is 0 Å². The molecular formula is C10H19NO2S. The molecule has 0 aromatic heterocycles. The zero-order chi connectivity index (χ0) is 10.4. The van der Waals surface area contributed by atoms with E-state index in [0.717, 1.165) is 12.5 Å². The minimum atomic E-state index is -0.718. The van der Waals surface area contributed by atoms with Gasteiger partial charge in [0, 0.05) is 6.04 Å². The molecule has 0 aliphatic carbocycles. The Bertz CT molecular complexity index is 181. The molecule has 1 saturated heterocycles. The van der Waals surface area contributed by atoms with E-state index in [2.05, 4.69) is 5.32 Å². The molecule has 0 bridgehead atoms. The predicted molar refractivity (Wildman–Crippen MR) is 59.8 cm³/mol. The van der Waals surface area contributed by atoms with Gasteiger partial charge in [-0.3, -0.25) is 4.79 Å². The van der Waals surface area contributed by atoms with Crippen molar-refractivity contribution in [2.75, 3.05) is 18.1 Å². The Hall–Kier alpha value is -0.220. The predicted octanol–water partition coefficient (Wildman–Crippen LogP) is 1.58. The highest BCUT2D eigenvalue weighted by atomic mass is 32.2. The number of hydrogen-bond donors (Lipinski definition) is 2. The van der Waals surface area contributed by atoms with Crippen molar-refractivity contribution in [2.24, 2.45) is 5.92 Å². The van der Waals surface area contributed by atoms with Crippen LogP contribution >= 0.6 is 11.8 Å². The van der Waals surface area contributed by atoms with E-state index < -0.39 is 5.97 Å². The Balaban J connectivity index is 2.09. The average molecular weight is 217 g/mol. The molecule has 1 heterocycles. The molecule has 1 fully saturated rings. The topological polar surface area (TPSA) is 49.3 Å². The van der Waals surface area contributed by atoms with E-state index in [9.17, 15) is 4.79 Å². The van der Waals surface area contributed by atoms with Gasteiger partial charge in [-0.15, -0.1) is 0 Å². The van der Waals surface area contributed by atoms with Crippen LogP contribution < -0.4 is 5.32 Å². The first-order valence-corrected chi connectivity index (χ1v) is 6.37. The highest BCUT2D eigenvalue weighted by Crippen LogP contribution is 2.21. The number of carbonyl (C=O) groups is 1. The molecule has 1 atom stereocenters. The van der Waals surface area contributed by atoms with Gasteiger partial charge < -0.3 is 10.4 Å². The van der Waals surface area contributed by atoms with Crippen LogP contribution in [0.3, 0.4) is 0 Å². The summed E-state index contributed by atoms with van der Waals surface area (Å²) in [6.45, 7) is 2.92. The summed E-state index contributed by atoms with van der Waals surface area (Å²) in [6, 6.07) is 0.0991. The van der Waals surface area contributed by atoms with Gasteiger partial charge in [0.1, 0.15) is 0 Å². The van der Waals surface area contributed by atoms with Crippen molar-refractivity contribution in [3.63, 3.8) is 0 Å². The van der Waals surface area contributed by atoms with Crippen molar-refractivity contribution in [2.45, 2.75) is 32.2 Å². The van der Waals surface area contributed by atoms with Crippen LogP contribution in [0.2, 0.25) is 0 Å². The van der Waals surface area contributed by atoms with E-state index in [1.54, 1.807) is 0 Å². The van der Waals surface area contributed by atoms with Crippen LogP contribution in [0.15, 0.2) is 0 Å². The maximum Gasteiger partial charge on any atom is 0.304 e. The van der Waals surface area contributed by atoms with Crippen molar-refractivity contribution in [1.82, 2.24) is 5.32 Å². The van der Waals surface area contributed by atoms with Crippen LogP contribution in [0.1, 0.15) is 26.2 Å². The highest BCUT2D eigenvalue weighted by molar-refractivity contribution is 7.99. The first-order valence-electron chi connectivity index (χ1n) is 5.21. The number of rotatable bonds is 5. The van der Waals surface area contributed by atoms with Gasteiger partial charge in [0.25, 0.3) is 0 Å². The lowest BCUT2D eigenvalue weighted by Crippen LogP contribution is -2.34. The average Bonchev–Trinajstić information content (AvgIpc) is 2.15. The summed E-state index contributed by atoms with van der Waals surface area (Å²) < 4.78 is 0. The van der Waals surface area contributed by atoms with Crippen molar-refractivity contribution in [3.8, 4) is 0 Å². The minimum Gasteiger partial charge on any atom is -0.481 e. The second kappa shape index (κ2) is 6.30. The molecule has 2 N–H and O–H groups in total. The van der Waals surface area contributed by atoms with Gasteiger partial charge in [0.2, 0.25) is 0 Å². The normalized spacial score (nSPS) is 20.6. The number of hydrogen-bond acceptors (Lipinski definition) is 3. The molecule has 1 aliphatic rings. The number of nitrogens with one attached hydrogen (secondary N) is 1. The zero-order valence-electron chi connectivity index (χ0n) is 8.66. The van der Waals surface area contributed by atoms with E-state index in [0.29, 0.717) is 0 Å². The third kappa shape index (κ3) is 4.86. The summed E-state index contributed by atoms with van der Waals surface area (Å²) in [6.07, 6.45) is 2.77. The fourth-order valence-electron chi connectivity index (χ4n) is 1.65. The fraction of sp³-hybridized carbons (Fsp3) is 0.900. The maximum atomic E-state index is 10.4. The van der Waals surface area contributed by atoms with E-state index in [1.807, 2.05) is 18.7 Å². The summed E-state index contributed by atoms with van der Waals surface area (Å²) >= 11 is 2.02. The SMILES string of the molecule is CC(CC(=O)O)NCC1CCSCC1. The van der Waals surface area contributed by atoms with Gasteiger partial charge in [-0.2, -0.15) is 11.8 Å². The molecule has 1 aliphatic heterocycles. The standard InChI is InChI=1S/C10H19NO2S/c1-8(6-10(12)13)11-7-9-2-4-14-5-3-9/h8-9,11H,2-7H2,1H3,(H,12,13). The zero-order valence-corrected chi connectivity index (χ0v) is 9.48. The van der Waals surface area contributed by atoms with Gasteiger partial charge in [0.15, 0.2) is 0 Å². The third-order valence-corrected chi connectivity index (χ3v) is 3.63. The van der Waals surface area contributed by atoms with Crippen LogP contribution in [-0.2, 0) is 4.79 Å². The number of thioether (sulfide) groups is 1. The van der Waals surface area contributed by atoms with E-state index in [4.69, 9.17) is 5.11 Å². The lowest BCUT2D eigenvalue weighted by atomic mass is 10.0. The summed E-state index contributed by atoms with van der Waals surface area (Å²) in [5.74, 6) is 2.57. The monoisotopic (exact) mass is 217 g/mol. The summed E-state index contributed by atoms with van der Waals surface area (Å²) in [4.78, 5) is 10.4. The molecular weight excluding hydrogens is 198 g/mol. The Morgan fingerprint density at radius 2 is 2.21 bits per heavy atom. The Kier molecular flexibility index (Phi) is 5.33. The Morgan fingerprint density at radius 1 is 1.57 bits per heavy atom. The molecule has 1 unspecified atom stereocenters. The molecule has 0 saturated carbocycles. The third-order valence-electron chi connectivity index (χ3n) is 2.58. The van der Waals surface area contributed by atoms with Gasteiger partial charge in [-0.05, 0) is 43.7 Å². The van der Waals surface area contributed by atoms with Crippen LogP contribution in [0.4, 0.5) is 0 Å². The minimum absolute atomic E-state index is 0.0991. The number of carboxylic acid groups (broad SMARTS) is 1. The quantitative estimate of drug-likeness (QED) is 0.734. The molecule has 82 valence electrons. The Labute approximate surface area is 89.6 Å². The second-order valence-electron chi connectivity index (χ2n) is 3.96. The fourth-order valence-corrected chi connectivity index (χ4v) is 2.86. The molecule has 0 aromatic carbocycles. The van der Waals surface area contributed by atoms with Crippen LogP contribution in [-0.4, -0.2) is 35.2 Å². The second-order valence-corrected chi connectivity index (χ2v) is 5.19. The lowest BCUT2D eigenvalue weighted by molar-refractivity contribution is -0.137. The first kappa shape index (κ1) is 11.9. The summed E-state index contributed by atoms with van der Waals surface area (Å²) in [7, 11) is 0. The van der Waals surface area contributed by atoms with Gasteiger partial charge in [0.05, 0.1) is 6.42 Å². The lowest BCUT2D eigenvalue weighted by Gasteiger charge is -2.23. The van der Waals surface area contributed by atoms with E-state index in [-0.39, 0.29) is 12.5 Å². The maximum absolute atomic E-state index is 10.4. The smallest absolute Gasteiger partial charge is 0.304 e. The van der Waals surface area contributed by atoms with Crippen LogP contribution in [0.25, 0.3) is 0 Å². The Morgan fingerprint density at radius 3 is 2.79 bits per heavy atom. The van der Waals surface area contributed by atoms with Crippen molar-refractivity contribution < 1.29 is 9.90 Å². The first-order chi connectivity index (χ1) is 6.68. The highest BCUT2D eigenvalue weighted by Gasteiger charge is 2.15. The number of aliphatic carboxylic acids is 1. The molecule has 4 heteroatoms. The summed E-state index contributed by atoms with van der Waals surface area (Å²) in [5, 5.41) is 11.9. The van der Waals surface area contributed by atoms with Gasteiger partial charge >= 0.3 is 5.97 Å². The van der Waals surface area contributed by atoms with Crippen LogP contribution in [0, 0.1) is 5.92 Å². The molecule has 0 amide bonds. The molecule has 3 nitrogen and oxygen atoms in total. The van der Waals surface area contributed by atoms with E-state index >= 15 is 0 Å². The van der Waals surface area contributed by atoms with E-state index in [1.165, 1.54) is 24.3 Å². The van der Waals surface area contributed by atoms with Crippen molar-refractivity contribution >= 4 is 17.7 Å². The van der Waals surface area contributed by atoms with Crippen molar-refractivity contribution in [1.29, 1.82) is 0 Å². The molecule has 0 radical (unpaired) electrons. The summed E-state index contributed by atoms with van der Waals surface area (Å²) in [5.41, 5.74) is 0. The van der Waals surface area contributed by atoms with Gasteiger partial charge in [-0.1, -0.05) is 0 Å². The van der Waals surface area contributed by atoms with Gasteiger partial charge in [-0.25, -0.2) is 0 Å². The molecule has 14 heavy (non-hydrogen) atoms. The largest absolute Gasteiger partial charge is 0.481 e. The molecule has 0 spiro atoms. The molecule has 1 rings (SSSR count).